The lowest BCUT2D eigenvalue weighted by Gasteiger charge is -2.25. The van der Waals surface area contributed by atoms with Crippen LogP contribution in [0.5, 0.6) is 0 Å². The number of pyridine rings is 1. The van der Waals surface area contributed by atoms with Gasteiger partial charge in [0.05, 0.1) is 5.69 Å². The van der Waals surface area contributed by atoms with Crippen molar-refractivity contribution in [3.8, 4) is 0 Å². The Bertz CT molecular complexity index is 478. The van der Waals surface area contributed by atoms with Crippen LogP contribution in [0.25, 0.3) is 0 Å². The SMILES string of the molecule is CC1CCCc2nccc(NC(=O)OC(C)(C)C)c21. The van der Waals surface area contributed by atoms with Crippen LogP contribution in [0.2, 0.25) is 0 Å². The molecule has 2 rings (SSSR count). The molecule has 104 valence electrons. The summed E-state index contributed by atoms with van der Waals surface area (Å²) in [6.45, 7) is 7.76. The number of hydrogen-bond acceptors (Lipinski definition) is 3. The molecule has 0 bridgehead atoms. The van der Waals surface area contributed by atoms with E-state index in [1.807, 2.05) is 26.8 Å². The largest absolute Gasteiger partial charge is 0.444 e. The summed E-state index contributed by atoms with van der Waals surface area (Å²) in [5.74, 6) is 0.433. The van der Waals surface area contributed by atoms with Crippen LogP contribution in [0.1, 0.15) is 57.7 Å². The maximum absolute atomic E-state index is 11.9. The van der Waals surface area contributed by atoms with Gasteiger partial charge in [-0.15, -0.1) is 0 Å². The molecule has 1 amide bonds. The zero-order valence-corrected chi connectivity index (χ0v) is 12.1. The number of nitrogens with zero attached hydrogens (tertiary/aromatic N) is 1. The molecule has 1 aromatic rings. The average Bonchev–Trinajstić information content (AvgIpc) is 2.26. The van der Waals surface area contributed by atoms with Gasteiger partial charge in [0.15, 0.2) is 0 Å². The molecule has 1 N–H and O–H groups in total. The summed E-state index contributed by atoms with van der Waals surface area (Å²) in [5, 5.41) is 2.86. The molecule has 0 aromatic carbocycles. The standard InChI is InChI=1S/C15H22N2O2/c1-10-6-5-7-11-13(10)12(8-9-16-11)17-14(18)19-15(2,3)4/h8-10H,5-7H2,1-4H3,(H,16,17,18). The van der Waals surface area contributed by atoms with E-state index in [4.69, 9.17) is 4.74 Å². The summed E-state index contributed by atoms with van der Waals surface area (Å²) >= 11 is 0. The molecule has 1 aliphatic rings. The van der Waals surface area contributed by atoms with Crippen molar-refractivity contribution >= 4 is 11.8 Å². The third-order valence-corrected chi connectivity index (χ3v) is 3.25. The molecule has 0 fully saturated rings. The maximum Gasteiger partial charge on any atom is 0.412 e. The van der Waals surface area contributed by atoms with Crippen LogP contribution in [0.4, 0.5) is 10.5 Å². The van der Waals surface area contributed by atoms with Gasteiger partial charge in [-0.25, -0.2) is 4.79 Å². The lowest BCUT2D eigenvalue weighted by molar-refractivity contribution is 0.0635. The predicted octanol–water partition coefficient (Wildman–Crippen LogP) is 3.87. The fraction of sp³-hybridized carbons (Fsp3) is 0.600. The van der Waals surface area contributed by atoms with E-state index in [1.54, 1.807) is 6.20 Å². The molecule has 1 atom stereocenters. The number of aryl methyl sites for hydroxylation is 1. The minimum atomic E-state index is -0.483. The Morgan fingerprint density at radius 3 is 2.89 bits per heavy atom. The molecule has 0 saturated heterocycles. The molecule has 1 aliphatic carbocycles. The molecule has 19 heavy (non-hydrogen) atoms. The Labute approximate surface area is 114 Å². The van der Waals surface area contributed by atoms with E-state index in [-0.39, 0.29) is 0 Å². The molecular weight excluding hydrogens is 240 g/mol. The van der Waals surface area contributed by atoms with Crippen LogP contribution >= 0.6 is 0 Å². The average molecular weight is 262 g/mol. The molecule has 0 saturated carbocycles. The van der Waals surface area contributed by atoms with E-state index in [2.05, 4.69) is 17.2 Å². The van der Waals surface area contributed by atoms with E-state index in [9.17, 15) is 4.79 Å². The van der Waals surface area contributed by atoms with Gasteiger partial charge >= 0.3 is 6.09 Å². The summed E-state index contributed by atoms with van der Waals surface area (Å²) in [7, 11) is 0. The number of fused-ring (bicyclic) bond motifs is 1. The summed E-state index contributed by atoms with van der Waals surface area (Å²) in [6.07, 6.45) is 4.64. The Morgan fingerprint density at radius 1 is 1.47 bits per heavy atom. The highest BCUT2D eigenvalue weighted by atomic mass is 16.6. The van der Waals surface area contributed by atoms with Gasteiger partial charge in [0.1, 0.15) is 5.60 Å². The molecule has 1 heterocycles. The van der Waals surface area contributed by atoms with E-state index >= 15 is 0 Å². The number of rotatable bonds is 1. The third kappa shape index (κ3) is 3.46. The second-order valence-corrected chi connectivity index (χ2v) is 6.14. The normalized spacial score (nSPS) is 18.6. The van der Waals surface area contributed by atoms with Crippen molar-refractivity contribution in [2.24, 2.45) is 0 Å². The monoisotopic (exact) mass is 262 g/mol. The summed E-state index contributed by atoms with van der Waals surface area (Å²) < 4.78 is 5.30. The molecule has 4 heteroatoms. The van der Waals surface area contributed by atoms with Crippen LogP contribution < -0.4 is 5.32 Å². The fourth-order valence-corrected chi connectivity index (χ4v) is 2.51. The van der Waals surface area contributed by atoms with Crippen LogP contribution in [-0.2, 0) is 11.2 Å². The molecular formula is C15H22N2O2. The van der Waals surface area contributed by atoms with Gasteiger partial charge in [0, 0.05) is 17.5 Å². The number of amides is 1. The predicted molar refractivity (Wildman–Crippen MR) is 75.4 cm³/mol. The molecule has 0 aliphatic heterocycles. The van der Waals surface area contributed by atoms with Crippen LogP contribution in [0.15, 0.2) is 12.3 Å². The van der Waals surface area contributed by atoms with Crippen molar-refractivity contribution in [1.82, 2.24) is 4.98 Å². The van der Waals surface area contributed by atoms with Gasteiger partial charge in [-0.1, -0.05) is 6.92 Å². The smallest absolute Gasteiger partial charge is 0.412 e. The van der Waals surface area contributed by atoms with Gasteiger partial charge in [0.25, 0.3) is 0 Å². The van der Waals surface area contributed by atoms with Crippen LogP contribution in [0.3, 0.4) is 0 Å². The van der Waals surface area contributed by atoms with Gasteiger partial charge in [0.2, 0.25) is 0 Å². The maximum atomic E-state index is 11.9. The molecule has 4 nitrogen and oxygen atoms in total. The quantitative estimate of drug-likeness (QED) is 0.835. The lowest BCUT2D eigenvalue weighted by Crippen LogP contribution is -2.28. The number of carbonyl (C=O) groups is 1. The Morgan fingerprint density at radius 2 is 2.21 bits per heavy atom. The number of aromatic nitrogens is 1. The number of carbonyl (C=O) groups excluding carboxylic acids is 1. The van der Waals surface area contributed by atoms with Crippen molar-refractivity contribution in [2.45, 2.75) is 58.5 Å². The molecule has 0 radical (unpaired) electrons. The first-order valence-electron chi connectivity index (χ1n) is 6.84. The van der Waals surface area contributed by atoms with Crippen LogP contribution in [0, 0.1) is 0 Å². The van der Waals surface area contributed by atoms with E-state index in [1.165, 1.54) is 5.56 Å². The van der Waals surface area contributed by atoms with E-state index < -0.39 is 11.7 Å². The second-order valence-electron chi connectivity index (χ2n) is 6.14. The first-order chi connectivity index (χ1) is 8.87. The second kappa shape index (κ2) is 5.19. The third-order valence-electron chi connectivity index (χ3n) is 3.25. The first-order valence-corrected chi connectivity index (χ1v) is 6.84. The number of hydrogen-bond donors (Lipinski definition) is 1. The summed E-state index contributed by atoms with van der Waals surface area (Å²) in [4.78, 5) is 16.3. The first kappa shape index (κ1) is 13.8. The molecule has 1 unspecified atom stereocenters. The highest BCUT2D eigenvalue weighted by Gasteiger charge is 2.23. The van der Waals surface area contributed by atoms with Gasteiger partial charge in [-0.05, 0) is 52.0 Å². The van der Waals surface area contributed by atoms with Crippen molar-refractivity contribution in [2.75, 3.05) is 5.32 Å². The fourth-order valence-electron chi connectivity index (χ4n) is 2.51. The highest BCUT2D eigenvalue weighted by molar-refractivity contribution is 5.86. The number of anilines is 1. The zero-order valence-electron chi connectivity index (χ0n) is 12.1. The van der Waals surface area contributed by atoms with Crippen molar-refractivity contribution in [3.63, 3.8) is 0 Å². The minimum absolute atomic E-state index is 0.404. The summed E-state index contributed by atoms with van der Waals surface area (Å²) in [5.41, 5.74) is 2.63. The van der Waals surface area contributed by atoms with Gasteiger partial charge in [-0.3, -0.25) is 10.3 Å². The lowest BCUT2D eigenvalue weighted by atomic mass is 9.86. The van der Waals surface area contributed by atoms with Crippen molar-refractivity contribution < 1.29 is 9.53 Å². The highest BCUT2D eigenvalue weighted by Crippen LogP contribution is 2.35. The van der Waals surface area contributed by atoms with E-state index in [0.29, 0.717) is 5.92 Å². The zero-order chi connectivity index (χ0) is 14.0. The van der Waals surface area contributed by atoms with E-state index in [0.717, 1.165) is 30.6 Å². The Hall–Kier alpha value is -1.58. The Kier molecular flexibility index (Phi) is 3.78. The summed E-state index contributed by atoms with van der Waals surface area (Å²) in [6, 6.07) is 1.85. The van der Waals surface area contributed by atoms with Crippen molar-refractivity contribution in [1.29, 1.82) is 0 Å². The van der Waals surface area contributed by atoms with Crippen molar-refractivity contribution in [3.05, 3.63) is 23.5 Å². The topological polar surface area (TPSA) is 51.2 Å². The Balaban J connectivity index is 2.19. The van der Waals surface area contributed by atoms with Gasteiger partial charge in [-0.2, -0.15) is 0 Å². The molecule has 1 aromatic heterocycles. The number of ether oxygens (including phenoxy) is 1. The molecule has 0 spiro atoms. The van der Waals surface area contributed by atoms with Gasteiger partial charge < -0.3 is 4.74 Å². The number of nitrogens with one attached hydrogen (secondary N) is 1. The van der Waals surface area contributed by atoms with Crippen LogP contribution in [-0.4, -0.2) is 16.7 Å². The minimum Gasteiger partial charge on any atom is -0.444 e.